The van der Waals surface area contributed by atoms with E-state index in [0.717, 1.165) is 37.3 Å². The van der Waals surface area contributed by atoms with Crippen molar-refractivity contribution in [2.24, 2.45) is 0 Å². The van der Waals surface area contributed by atoms with E-state index in [-0.39, 0.29) is 11.8 Å². The first-order valence-electron chi connectivity index (χ1n) is 9.01. The number of pyridine rings is 1. The van der Waals surface area contributed by atoms with Crippen molar-refractivity contribution >= 4 is 28.9 Å². The van der Waals surface area contributed by atoms with Crippen molar-refractivity contribution in [3.05, 3.63) is 48.3 Å². The van der Waals surface area contributed by atoms with Gasteiger partial charge in [-0.2, -0.15) is 0 Å². The Hall–Kier alpha value is -2.89. The third-order valence-corrected chi connectivity index (χ3v) is 4.35. The summed E-state index contributed by atoms with van der Waals surface area (Å²) in [7, 11) is 0. The maximum absolute atomic E-state index is 12.7. The van der Waals surface area contributed by atoms with E-state index in [2.05, 4.69) is 15.6 Å². The fourth-order valence-electron chi connectivity index (χ4n) is 3.13. The smallest absolute Gasteiger partial charge is 0.255 e. The number of aromatic nitrogens is 1. The molecule has 6 nitrogen and oxygen atoms in total. The van der Waals surface area contributed by atoms with Crippen LogP contribution in [0, 0.1) is 0 Å². The van der Waals surface area contributed by atoms with Crippen molar-refractivity contribution in [1.82, 2.24) is 9.88 Å². The van der Waals surface area contributed by atoms with E-state index >= 15 is 0 Å². The number of nitrogens with one attached hydrogen (secondary N) is 2. The van der Waals surface area contributed by atoms with Gasteiger partial charge in [0.15, 0.2) is 0 Å². The number of hydrogen-bond acceptors (Lipinski definition) is 4. The van der Waals surface area contributed by atoms with Gasteiger partial charge in [-0.15, -0.1) is 0 Å². The van der Waals surface area contributed by atoms with Crippen LogP contribution < -0.4 is 10.6 Å². The second-order valence-corrected chi connectivity index (χ2v) is 6.56. The molecule has 2 heterocycles. The number of nitrogens with zero attached hydrogens (tertiary/aromatic N) is 2. The summed E-state index contributed by atoms with van der Waals surface area (Å²) < 4.78 is 0. The molecule has 6 heteroatoms. The minimum atomic E-state index is -0.117. The fourth-order valence-corrected chi connectivity index (χ4v) is 3.13. The molecule has 0 bridgehead atoms. The van der Waals surface area contributed by atoms with Crippen LogP contribution in [0.4, 0.5) is 17.1 Å². The van der Waals surface area contributed by atoms with Crippen LogP contribution >= 0.6 is 0 Å². The highest BCUT2D eigenvalue weighted by atomic mass is 16.2. The van der Waals surface area contributed by atoms with Crippen molar-refractivity contribution in [2.75, 3.05) is 23.7 Å². The zero-order valence-electron chi connectivity index (χ0n) is 15.0. The summed E-state index contributed by atoms with van der Waals surface area (Å²) in [5, 5.41) is 6.00. The molecular weight excluding hydrogens is 328 g/mol. The number of hydrogen-bond donors (Lipinski definition) is 2. The number of anilines is 3. The summed E-state index contributed by atoms with van der Waals surface area (Å²) in [6.07, 6.45) is 7.80. The van der Waals surface area contributed by atoms with E-state index in [9.17, 15) is 9.59 Å². The summed E-state index contributed by atoms with van der Waals surface area (Å²) in [6.45, 7) is 3.10. The van der Waals surface area contributed by atoms with Gasteiger partial charge >= 0.3 is 0 Å². The summed E-state index contributed by atoms with van der Waals surface area (Å²) in [5.41, 5.74) is 2.87. The molecule has 1 aliphatic heterocycles. The number of benzene rings is 1. The Bertz CT molecular complexity index is 783. The van der Waals surface area contributed by atoms with Gasteiger partial charge in [-0.25, -0.2) is 0 Å². The molecule has 1 fully saturated rings. The van der Waals surface area contributed by atoms with Gasteiger partial charge in [0, 0.05) is 37.6 Å². The highest BCUT2D eigenvalue weighted by Gasteiger charge is 2.17. The Balaban J connectivity index is 1.73. The molecule has 1 aromatic heterocycles. The number of likely N-dealkylation sites (tertiary alicyclic amines) is 1. The predicted octanol–water partition coefficient (Wildman–Crippen LogP) is 3.80. The average molecular weight is 352 g/mol. The largest absolute Gasteiger partial charge is 0.354 e. The zero-order valence-corrected chi connectivity index (χ0v) is 15.0. The van der Waals surface area contributed by atoms with Gasteiger partial charge in [-0.05, 0) is 37.1 Å². The van der Waals surface area contributed by atoms with Crippen LogP contribution in [-0.2, 0) is 4.79 Å². The first-order chi connectivity index (χ1) is 12.6. The van der Waals surface area contributed by atoms with Crippen LogP contribution in [0.1, 0.15) is 43.0 Å². The summed E-state index contributed by atoms with van der Waals surface area (Å²) in [4.78, 5) is 30.1. The lowest BCUT2D eigenvalue weighted by Crippen LogP contribution is -2.31. The Labute approximate surface area is 153 Å². The third-order valence-electron chi connectivity index (χ3n) is 4.35. The first kappa shape index (κ1) is 17.9. The monoisotopic (exact) mass is 352 g/mol. The van der Waals surface area contributed by atoms with E-state index in [4.69, 9.17) is 0 Å². The van der Waals surface area contributed by atoms with E-state index in [1.165, 1.54) is 19.8 Å². The molecule has 1 aliphatic rings. The lowest BCUT2D eigenvalue weighted by Gasteiger charge is -2.20. The highest BCUT2D eigenvalue weighted by Crippen LogP contribution is 2.21. The Morgan fingerprint density at radius 3 is 2.42 bits per heavy atom. The van der Waals surface area contributed by atoms with Gasteiger partial charge in [-0.1, -0.05) is 18.9 Å². The molecule has 136 valence electrons. The van der Waals surface area contributed by atoms with Gasteiger partial charge < -0.3 is 15.5 Å². The van der Waals surface area contributed by atoms with Crippen LogP contribution in [-0.4, -0.2) is 34.8 Å². The number of amides is 2. The quantitative estimate of drug-likeness (QED) is 0.878. The van der Waals surface area contributed by atoms with Gasteiger partial charge in [0.1, 0.15) is 0 Å². The van der Waals surface area contributed by atoms with Gasteiger partial charge in [0.2, 0.25) is 5.91 Å². The average Bonchev–Trinajstić information content (AvgIpc) is 2.90. The standard InChI is InChI=1S/C20H24N4O2/c1-15(25)22-17-7-6-8-18(12-17)23-19-11-16(13-21-14-19)20(26)24-9-4-2-3-5-10-24/h6-8,11-14,23H,2-5,9-10H2,1H3,(H,22,25). The maximum atomic E-state index is 12.7. The fraction of sp³-hybridized carbons (Fsp3) is 0.350. The van der Waals surface area contributed by atoms with Crippen LogP contribution in [0.3, 0.4) is 0 Å². The molecular formula is C20H24N4O2. The van der Waals surface area contributed by atoms with Gasteiger partial charge in [0.25, 0.3) is 5.91 Å². The van der Waals surface area contributed by atoms with E-state index < -0.39 is 0 Å². The van der Waals surface area contributed by atoms with Crippen molar-refractivity contribution in [1.29, 1.82) is 0 Å². The van der Waals surface area contributed by atoms with E-state index in [1.807, 2.05) is 35.2 Å². The molecule has 0 unspecified atom stereocenters. The van der Waals surface area contributed by atoms with Crippen LogP contribution in [0.25, 0.3) is 0 Å². The molecule has 0 atom stereocenters. The molecule has 1 saturated heterocycles. The summed E-state index contributed by atoms with van der Waals surface area (Å²) in [6, 6.07) is 9.24. The van der Waals surface area contributed by atoms with Crippen LogP contribution in [0.15, 0.2) is 42.7 Å². The lowest BCUT2D eigenvalue weighted by molar-refractivity contribution is -0.114. The Kier molecular flexibility index (Phi) is 5.84. The van der Waals surface area contributed by atoms with Crippen molar-refractivity contribution in [3.63, 3.8) is 0 Å². The summed E-state index contributed by atoms with van der Waals surface area (Å²) >= 11 is 0. The van der Waals surface area contributed by atoms with Crippen LogP contribution in [0.2, 0.25) is 0 Å². The molecule has 0 saturated carbocycles. The molecule has 3 rings (SSSR count). The molecule has 1 aromatic carbocycles. The number of rotatable bonds is 4. The number of carbonyl (C=O) groups excluding carboxylic acids is 2. The third kappa shape index (κ3) is 4.81. The molecule has 0 spiro atoms. The van der Waals surface area contributed by atoms with Crippen molar-refractivity contribution < 1.29 is 9.59 Å². The second-order valence-electron chi connectivity index (χ2n) is 6.56. The lowest BCUT2D eigenvalue weighted by atomic mass is 10.2. The Morgan fingerprint density at radius 1 is 0.962 bits per heavy atom. The minimum Gasteiger partial charge on any atom is -0.354 e. The summed E-state index contributed by atoms with van der Waals surface area (Å²) in [5.74, 6) is -0.0797. The Morgan fingerprint density at radius 2 is 1.69 bits per heavy atom. The SMILES string of the molecule is CC(=O)Nc1cccc(Nc2cncc(C(=O)N3CCCCCC3)c2)c1. The predicted molar refractivity (Wildman–Crippen MR) is 103 cm³/mol. The van der Waals surface area contributed by atoms with E-state index in [1.54, 1.807) is 12.4 Å². The van der Waals surface area contributed by atoms with Crippen molar-refractivity contribution in [3.8, 4) is 0 Å². The second kappa shape index (κ2) is 8.47. The first-order valence-corrected chi connectivity index (χ1v) is 9.01. The topological polar surface area (TPSA) is 74.3 Å². The molecule has 2 N–H and O–H groups in total. The molecule has 26 heavy (non-hydrogen) atoms. The molecule has 0 aliphatic carbocycles. The van der Waals surface area contributed by atoms with Crippen LogP contribution in [0.5, 0.6) is 0 Å². The van der Waals surface area contributed by atoms with E-state index in [0.29, 0.717) is 11.3 Å². The molecule has 2 amide bonds. The highest BCUT2D eigenvalue weighted by molar-refractivity contribution is 5.95. The zero-order chi connectivity index (χ0) is 18.4. The molecule has 2 aromatic rings. The van der Waals surface area contributed by atoms with Gasteiger partial charge in [-0.3, -0.25) is 14.6 Å². The number of carbonyl (C=O) groups is 2. The van der Waals surface area contributed by atoms with Gasteiger partial charge in [0.05, 0.1) is 17.4 Å². The maximum Gasteiger partial charge on any atom is 0.255 e. The van der Waals surface area contributed by atoms with Crippen molar-refractivity contribution in [2.45, 2.75) is 32.6 Å². The normalized spacial score (nSPS) is 14.4. The molecule has 0 radical (unpaired) electrons. The minimum absolute atomic E-state index is 0.0371.